The van der Waals surface area contributed by atoms with Gasteiger partial charge in [-0.1, -0.05) is 35.9 Å². The van der Waals surface area contributed by atoms with Gasteiger partial charge in [-0.15, -0.1) is 10.2 Å². The van der Waals surface area contributed by atoms with Crippen molar-refractivity contribution >= 4 is 23.5 Å². The van der Waals surface area contributed by atoms with Crippen LogP contribution in [-0.4, -0.2) is 40.0 Å². The molecule has 0 aliphatic carbocycles. The molecule has 0 radical (unpaired) electrons. The molecule has 2 rings (SSSR count). The van der Waals surface area contributed by atoms with Crippen molar-refractivity contribution in [1.29, 1.82) is 0 Å². The fourth-order valence-corrected chi connectivity index (χ4v) is 2.05. The molecule has 0 unspecified atom stereocenters. The first-order valence-corrected chi connectivity index (χ1v) is 7.27. The van der Waals surface area contributed by atoms with Crippen LogP contribution in [0.1, 0.15) is 11.1 Å². The Kier molecular flexibility index (Phi) is 5.59. The molecule has 0 aliphatic heterocycles. The van der Waals surface area contributed by atoms with Crippen LogP contribution in [0, 0.1) is 0 Å². The zero-order valence-electron chi connectivity index (χ0n) is 12.6. The maximum atomic E-state index is 10.8. The molecule has 0 fully saturated rings. The van der Waals surface area contributed by atoms with Gasteiger partial charge in [-0.3, -0.25) is 0 Å². The van der Waals surface area contributed by atoms with Crippen LogP contribution >= 0.6 is 11.6 Å². The number of anilines is 1. The summed E-state index contributed by atoms with van der Waals surface area (Å²) in [4.78, 5) is 12.0. The molecule has 0 aliphatic rings. The van der Waals surface area contributed by atoms with E-state index in [2.05, 4.69) is 10.2 Å². The Hall–Kier alpha value is -2.54. The number of nitrogen functional groups attached to an aromatic ring is 1. The van der Waals surface area contributed by atoms with Gasteiger partial charge < -0.3 is 20.5 Å². The summed E-state index contributed by atoms with van der Waals surface area (Å²) < 4.78 is 5.55. The van der Waals surface area contributed by atoms with Gasteiger partial charge in [0, 0.05) is 26.1 Å². The zero-order valence-corrected chi connectivity index (χ0v) is 13.3. The number of benzene rings is 1. The SMILES string of the molecule is CN(Cc1ccc(CCOc2cc(Cl)nnc2N)cc1)C(=O)O. The van der Waals surface area contributed by atoms with Crippen molar-refractivity contribution in [3.63, 3.8) is 0 Å². The molecule has 1 heterocycles. The molecule has 1 amide bonds. The number of rotatable bonds is 6. The van der Waals surface area contributed by atoms with E-state index < -0.39 is 6.09 Å². The number of hydrogen-bond acceptors (Lipinski definition) is 5. The molecule has 0 saturated heterocycles. The molecule has 0 bridgehead atoms. The molecule has 8 heteroatoms. The Bertz CT molecular complexity index is 679. The van der Waals surface area contributed by atoms with Crippen LogP contribution in [0.25, 0.3) is 0 Å². The monoisotopic (exact) mass is 336 g/mol. The molecule has 122 valence electrons. The zero-order chi connectivity index (χ0) is 16.8. The Morgan fingerprint density at radius 2 is 1.96 bits per heavy atom. The van der Waals surface area contributed by atoms with E-state index in [1.165, 1.54) is 18.0 Å². The highest BCUT2D eigenvalue weighted by molar-refractivity contribution is 6.29. The Morgan fingerprint density at radius 1 is 1.30 bits per heavy atom. The lowest BCUT2D eigenvalue weighted by molar-refractivity contribution is 0.154. The number of ether oxygens (including phenoxy) is 1. The predicted molar refractivity (Wildman–Crippen MR) is 86.6 cm³/mol. The number of aromatic nitrogens is 2. The summed E-state index contributed by atoms with van der Waals surface area (Å²) in [5.74, 6) is 0.603. The Morgan fingerprint density at radius 3 is 2.61 bits per heavy atom. The topological polar surface area (TPSA) is 102 Å². The standard InChI is InChI=1S/C15H17ClN4O3/c1-20(15(21)22)9-11-4-2-10(3-5-11)6-7-23-12-8-13(16)18-19-14(12)17/h2-5,8H,6-7,9H2,1H3,(H2,17,19)(H,21,22). The highest BCUT2D eigenvalue weighted by Gasteiger charge is 2.07. The minimum absolute atomic E-state index is 0.196. The number of nitrogens with zero attached hydrogens (tertiary/aromatic N) is 3. The first kappa shape index (κ1) is 16.8. The summed E-state index contributed by atoms with van der Waals surface area (Å²) in [7, 11) is 1.53. The lowest BCUT2D eigenvalue weighted by Gasteiger charge is -2.13. The fourth-order valence-electron chi connectivity index (χ4n) is 1.91. The molecule has 0 spiro atoms. The van der Waals surface area contributed by atoms with E-state index in [0.29, 0.717) is 25.3 Å². The van der Waals surface area contributed by atoms with Crippen molar-refractivity contribution in [3.05, 3.63) is 46.6 Å². The largest absolute Gasteiger partial charge is 0.489 e. The molecule has 0 atom stereocenters. The second-order valence-electron chi connectivity index (χ2n) is 4.97. The molecule has 0 saturated carbocycles. The average Bonchev–Trinajstić information content (AvgIpc) is 2.52. The third-order valence-electron chi connectivity index (χ3n) is 3.17. The van der Waals surface area contributed by atoms with Crippen LogP contribution in [0.5, 0.6) is 5.75 Å². The van der Waals surface area contributed by atoms with Crippen molar-refractivity contribution in [1.82, 2.24) is 15.1 Å². The minimum Gasteiger partial charge on any atom is -0.489 e. The van der Waals surface area contributed by atoms with Crippen LogP contribution in [0.2, 0.25) is 5.15 Å². The van der Waals surface area contributed by atoms with Gasteiger partial charge in [-0.25, -0.2) is 4.79 Å². The maximum absolute atomic E-state index is 10.8. The van der Waals surface area contributed by atoms with Gasteiger partial charge in [-0.05, 0) is 11.1 Å². The fraction of sp³-hybridized carbons (Fsp3) is 0.267. The van der Waals surface area contributed by atoms with Crippen molar-refractivity contribution in [2.75, 3.05) is 19.4 Å². The summed E-state index contributed by atoms with van der Waals surface area (Å²) in [6, 6.07) is 9.20. The molecule has 7 nitrogen and oxygen atoms in total. The summed E-state index contributed by atoms with van der Waals surface area (Å²) in [5.41, 5.74) is 7.64. The summed E-state index contributed by atoms with van der Waals surface area (Å²) in [6.45, 7) is 0.768. The van der Waals surface area contributed by atoms with Crippen molar-refractivity contribution in [3.8, 4) is 5.75 Å². The molecule has 2 aromatic rings. The number of nitrogens with two attached hydrogens (primary N) is 1. The predicted octanol–water partition coefficient (Wildman–Crippen LogP) is 2.44. The van der Waals surface area contributed by atoms with E-state index in [9.17, 15) is 4.79 Å². The van der Waals surface area contributed by atoms with Gasteiger partial charge in [0.25, 0.3) is 0 Å². The normalized spacial score (nSPS) is 10.3. The van der Waals surface area contributed by atoms with Crippen molar-refractivity contribution < 1.29 is 14.6 Å². The number of hydrogen-bond donors (Lipinski definition) is 2. The molecule has 1 aromatic heterocycles. The quantitative estimate of drug-likeness (QED) is 0.840. The Labute approximate surface area is 138 Å². The number of carboxylic acid groups (broad SMARTS) is 1. The summed E-state index contributed by atoms with van der Waals surface area (Å²) in [6.07, 6.45) is -0.279. The second-order valence-corrected chi connectivity index (χ2v) is 5.36. The first-order valence-electron chi connectivity index (χ1n) is 6.89. The third kappa shape index (κ3) is 5.00. The molecule has 1 aromatic carbocycles. The first-order chi connectivity index (χ1) is 11.0. The van der Waals surface area contributed by atoms with Crippen LogP contribution in [-0.2, 0) is 13.0 Å². The minimum atomic E-state index is -0.954. The number of amides is 1. The second kappa shape index (κ2) is 7.64. The summed E-state index contributed by atoms with van der Waals surface area (Å²) in [5, 5.41) is 16.4. The van der Waals surface area contributed by atoms with Crippen LogP contribution in [0.15, 0.2) is 30.3 Å². The van der Waals surface area contributed by atoms with Gasteiger partial charge in [0.1, 0.15) is 0 Å². The Balaban J connectivity index is 1.86. The van der Waals surface area contributed by atoms with Crippen molar-refractivity contribution in [2.24, 2.45) is 0 Å². The number of halogens is 1. The van der Waals surface area contributed by atoms with Gasteiger partial charge >= 0.3 is 6.09 Å². The van der Waals surface area contributed by atoms with Gasteiger partial charge in [0.15, 0.2) is 16.7 Å². The van der Waals surface area contributed by atoms with Gasteiger partial charge in [0.05, 0.1) is 6.61 Å². The van der Waals surface area contributed by atoms with Gasteiger partial charge in [-0.2, -0.15) is 0 Å². The third-order valence-corrected chi connectivity index (χ3v) is 3.36. The van der Waals surface area contributed by atoms with E-state index in [0.717, 1.165) is 11.1 Å². The van der Waals surface area contributed by atoms with Gasteiger partial charge in [0.2, 0.25) is 0 Å². The van der Waals surface area contributed by atoms with E-state index in [1.54, 1.807) is 0 Å². The van der Waals surface area contributed by atoms with E-state index in [-0.39, 0.29) is 11.0 Å². The van der Waals surface area contributed by atoms with E-state index in [4.69, 9.17) is 27.2 Å². The van der Waals surface area contributed by atoms with Crippen LogP contribution in [0.4, 0.5) is 10.6 Å². The molecular weight excluding hydrogens is 320 g/mol. The highest BCUT2D eigenvalue weighted by Crippen LogP contribution is 2.21. The lowest BCUT2D eigenvalue weighted by Crippen LogP contribution is -2.23. The van der Waals surface area contributed by atoms with Crippen LogP contribution < -0.4 is 10.5 Å². The average molecular weight is 337 g/mol. The lowest BCUT2D eigenvalue weighted by atomic mass is 10.1. The van der Waals surface area contributed by atoms with E-state index in [1.807, 2.05) is 24.3 Å². The molecule has 3 N–H and O–H groups in total. The summed E-state index contributed by atoms with van der Waals surface area (Å²) >= 11 is 5.74. The van der Waals surface area contributed by atoms with Crippen molar-refractivity contribution in [2.45, 2.75) is 13.0 Å². The maximum Gasteiger partial charge on any atom is 0.407 e. The number of carbonyl (C=O) groups is 1. The highest BCUT2D eigenvalue weighted by atomic mass is 35.5. The van der Waals surface area contributed by atoms with E-state index >= 15 is 0 Å². The molecular formula is C15H17ClN4O3. The smallest absolute Gasteiger partial charge is 0.407 e. The van der Waals surface area contributed by atoms with Crippen LogP contribution in [0.3, 0.4) is 0 Å². The molecule has 23 heavy (non-hydrogen) atoms.